The Labute approximate surface area is 373 Å². The van der Waals surface area contributed by atoms with Crippen molar-refractivity contribution in [3.63, 3.8) is 0 Å². The number of ether oxygens (including phenoxy) is 3. The molecule has 0 aromatic heterocycles. The summed E-state index contributed by atoms with van der Waals surface area (Å²) in [5, 5.41) is 0. The SMILES string of the molecule is CC/C=C\C/C=C\C/C=C\C/C=C\C/C=C\CCC(=O)OCC(COC(=O)CCCCC/C=C\C=C/CCCC)OC(=O)CCCCC/C=C\C/C=C\C/C=C\C/C=C\CC. The van der Waals surface area contributed by atoms with Crippen LogP contribution >= 0.6 is 0 Å². The van der Waals surface area contributed by atoms with E-state index in [1.54, 1.807) is 0 Å². The van der Waals surface area contributed by atoms with Gasteiger partial charge in [-0.25, -0.2) is 0 Å². The average molecular weight is 841 g/mol. The second-order valence-electron chi connectivity index (χ2n) is 14.9. The molecule has 0 saturated heterocycles. The normalized spacial score (nSPS) is 13.3. The first-order valence-electron chi connectivity index (χ1n) is 23.7. The van der Waals surface area contributed by atoms with Crippen molar-refractivity contribution in [1.29, 1.82) is 0 Å². The van der Waals surface area contributed by atoms with Crippen LogP contribution in [0.4, 0.5) is 0 Å². The van der Waals surface area contributed by atoms with Gasteiger partial charge in [-0.05, 0) is 109 Å². The van der Waals surface area contributed by atoms with E-state index in [9.17, 15) is 14.4 Å². The van der Waals surface area contributed by atoms with Crippen molar-refractivity contribution >= 4 is 17.9 Å². The molecule has 0 aliphatic heterocycles. The first-order chi connectivity index (χ1) is 30.0. The summed E-state index contributed by atoms with van der Waals surface area (Å²) in [5.74, 6) is -1.09. The van der Waals surface area contributed by atoms with Gasteiger partial charge in [0.05, 0.1) is 0 Å². The molecule has 0 fully saturated rings. The van der Waals surface area contributed by atoms with E-state index in [1.165, 1.54) is 12.8 Å². The Morgan fingerprint density at radius 2 is 0.721 bits per heavy atom. The molecule has 6 nitrogen and oxygen atoms in total. The van der Waals surface area contributed by atoms with Crippen LogP contribution in [0.25, 0.3) is 0 Å². The van der Waals surface area contributed by atoms with Gasteiger partial charge in [0, 0.05) is 19.3 Å². The minimum Gasteiger partial charge on any atom is -0.462 e. The molecule has 1 unspecified atom stereocenters. The minimum atomic E-state index is -0.839. The molecular weight excluding hydrogens is 757 g/mol. The fourth-order valence-electron chi connectivity index (χ4n) is 5.63. The van der Waals surface area contributed by atoms with Crippen LogP contribution in [0.15, 0.2) is 134 Å². The molecule has 0 heterocycles. The predicted molar refractivity (Wildman–Crippen MR) is 260 cm³/mol. The van der Waals surface area contributed by atoms with Gasteiger partial charge in [-0.3, -0.25) is 14.4 Å². The van der Waals surface area contributed by atoms with E-state index in [1.807, 2.05) is 12.2 Å². The molecule has 0 N–H and O–H groups in total. The zero-order valence-corrected chi connectivity index (χ0v) is 38.6. The van der Waals surface area contributed by atoms with Crippen molar-refractivity contribution in [3.8, 4) is 0 Å². The van der Waals surface area contributed by atoms with E-state index >= 15 is 0 Å². The molecule has 0 aromatic carbocycles. The Kier molecular flexibility index (Phi) is 44.7. The third kappa shape index (κ3) is 46.5. The zero-order valence-electron chi connectivity index (χ0n) is 38.6. The van der Waals surface area contributed by atoms with Crippen LogP contribution in [0.3, 0.4) is 0 Å². The smallest absolute Gasteiger partial charge is 0.306 e. The summed E-state index contributed by atoms with van der Waals surface area (Å²) in [6.45, 7) is 6.20. The molecule has 1 atom stereocenters. The number of hydrogen-bond acceptors (Lipinski definition) is 6. The van der Waals surface area contributed by atoms with Gasteiger partial charge in [-0.15, -0.1) is 0 Å². The maximum atomic E-state index is 12.7. The summed E-state index contributed by atoms with van der Waals surface area (Å²) < 4.78 is 16.6. The third-order valence-electron chi connectivity index (χ3n) is 9.16. The largest absolute Gasteiger partial charge is 0.462 e. The molecule has 0 saturated carbocycles. The lowest BCUT2D eigenvalue weighted by Crippen LogP contribution is -2.30. The molecule has 61 heavy (non-hydrogen) atoms. The van der Waals surface area contributed by atoms with Crippen LogP contribution in [0.5, 0.6) is 0 Å². The lowest BCUT2D eigenvalue weighted by Gasteiger charge is -2.18. The van der Waals surface area contributed by atoms with E-state index in [0.717, 1.165) is 109 Å². The molecule has 0 aliphatic carbocycles. The Bertz CT molecular complexity index is 1380. The van der Waals surface area contributed by atoms with Crippen LogP contribution in [-0.4, -0.2) is 37.2 Å². The molecule has 0 aromatic rings. The van der Waals surface area contributed by atoms with Gasteiger partial charge in [-0.1, -0.05) is 180 Å². The summed E-state index contributed by atoms with van der Waals surface area (Å²) in [6, 6.07) is 0. The van der Waals surface area contributed by atoms with E-state index in [2.05, 4.69) is 142 Å². The van der Waals surface area contributed by atoms with E-state index in [4.69, 9.17) is 14.2 Å². The van der Waals surface area contributed by atoms with Crippen LogP contribution < -0.4 is 0 Å². The van der Waals surface area contributed by atoms with Gasteiger partial charge in [0.15, 0.2) is 6.10 Å². The monoisotopic (exact) mass is 841 g/mol. The van der Waals surface area contributed by atoms with Crippen molar-refractivity contribution in [3.05, 3.63) is 134 Å². The van der Waals surface area contributed by atoms with Crippen LogP contribution in [0, 0.1) is 0 Å². The molecule has 340 valence electrons. The number of carbonyl (C=O) groups is 3. The molecule has 0 spiro atoms. The minimum absolute atomic E-state index is 0.133. The van der Waals surface area contributed by atoms with Gasteiger partial charge in [-0.2, -0.15) is 0 Å². The Morgan fingerprint density at radius 3 is 1.16 bits per heavy atom. The van der Waals surface area contributed by atoms with Crippen molar-refractivity contribution < 1.29 is 28.6 Å². The van der Waals surface area contributed by atoms with E-state index in [0.29, 0.717) is 19.3 Å². The Morgan fingerprint density at radius 1 is 0.361 bits per heavy atom. The van der Waals surface area contributed by atoms with Crippen LogP contribution in [0.1, 0.15) is 175 Å². The van der Waals surface area contributed by atoms with Crippen molar-refractivity contribution in [2.75, 3.05) is 13.2 Å². The van der Waals surface area contributed by atoms with Crippen molar-refractivity contribution in [2.24, 2.45) is 0 Å². The molecule has 0 bridgehead atoms. The van der Waals surface area contributed by atoms with Gasteiger partial charge in [0.1, 0.15) is 13.2 Å². The first-order valence-corrected chi connectivity index (χ1v) is 23.7. The van der Waals surface area contributed by atoms with Crippen LogP contribution in [0.2, 0.25) is 0 Å². The van der Waals surface area contributed by atoms with E-state index < -0.39 is 6.10 Å². The molecule has 0 aliphatic rings. The second kappa shape index (κ2) is 48.2. The maximum Gasteiger partial charge on any atom is 0.306 e. The summed E-state index contributed by atoms with van der Waals surface area (Å²) in [5.41, 5.74) is 0. The quantitative estimate of drug-likeness (QED) is 0.0201. The molecule has 0 radical (unpaired) electrons. The van der Waals surface area contributed by atoms with E-state index in [-0.39, 0.29) is 44.0 Å². The number of hydrogen-bond donors (Lipinski definition) is 0. The highest BCUT2D eigenvalue weighted by Gasteiger charge is 2.19. The summed E-state index contributed by atoms with van der Waals surface area (Å²) in [4.78, 5) is 37.8. The molecule has 0 amide bonds. The zero-order chi connectivity index (χ0) is 44.4. The number of rotatable bonds is 40. The number of unbranched alkanes of at least 4 members (excludes halogenated alkanes) is 8. The fourth-order valence-corrected chi connectivity index (χ4v) is 5.63. The van der Waals surface area contributed by atoms with Gasteiger partial charge < -0.3 is 14.2 Å². The molecule has 0 rings (SSSR count). The standard InChI is InChI=1S/C55H84O6/c1-4-7-10-13-16-19-22-24-26-28-30-33-36-39-42-45-48-54(57)60-51-52(50-59-53(56)47-44-41-38-35-32-21-18-15-12-9-6-3)61-55(58)49-46-43-40-37-34-31-29-27-25-23-20-17-14-11-8-5-2/h7-8,10-11,15-21,24-27,30-34,39,42,52H,4-6,9,12-14,22-23,28-29,35-38,40-41,43-51H2,1-3H3/b10-7-,11-8-,18-15-,19-16-,20-17-,26-24-,27-25-,32-21-,33-30-,34-31-,42-39-. The van der Waals surface area contributed by atoms with Crippen molar-refractivity contribution in [1.82, 2.24) is 0 Å². The lowest BCUT2D eigenvalue weighted by molar-refractivity contribution is -0.166. The van der Waals surface area contributed by atoms with Gasteiger partial charge >= 0.3 is 17.9 Å². The number of allylic oxidation sites excluding steroid dienone is 22. The first kappa shape index (κ1) is 56.5. The fraction of sp³-hybridized carbons (Fsp3) is 0.545. The third-order valence-corrected chi connectivity index (χ3v) is 9.16. The predicted octanol–water partition coefficient (Wildman–Crippen LogP) is 15.5. The molecule has 6 heteroatoms. The molecular formula is C55H84O6. The highest BCUT2D eigenvalue weighted by atomic mass is 16.6. The second-order valence-corrected chi connectivity index (χ2v) is 14.9. The maximum absolute atomic E-state index is 12.7. The average Bonchev–Trinajstić information content (AvgIpc) is 3.26. The summed E-state index contributed by atoms with van der Waals surface area (Å²) >= 11 is 0. The van der Waals surface area contributed by atoms with Crippen molar-refractivity contribution in [2.45, 2.75) is 181 Å². The highest BCUT2D eigenvalue weighted by molar-refractivity contribution is 5.71. The lowest BCUT2D eigenvalue weighted by atomic mass is 10.1. The highest BCUT2D eigenvalue weighted by Crippen LogP contribution is 2.10. The summed E-state index contributed by atoms with van der Waals surface area (Å²) in [6.07, 6.45) is 67.3. The summed E-state index contributed by atoms with van der Waals surface area (Å²) in [7, 11) is 0. The van der Waals surface area contributed by atoms with Crippen LogP contribution in [-0.2, 0) is 28.6 Å². The van der Waals surface area contributed by atoms with Gasteiger partial charge in [0.2, 0.25) is 0 Å². The Hall–Kier alpha value is -4.45. The number of esters is 3. The Balaban J connectivity index is 4.62. The van der Waals surface area contributed by atoms with Gasteiger partial charge in [0.25, 0.3) is 0 Å². The number of carbonyl (C=O) groups excluding carboxylic acids is 3. The topological polar surface area (TPSA) is 78.9 Å².